The van der Waals surface area contributed by atoms with Crippen molar-refractivity contribution in [2.45, 2.75) is 0 Å². The van der Waals surface area contributed by atoms with Crippen LogP contribution in [0, 0.1) is 0 Å². The molecule has 0 aliphatic heterocycles. The molecule has 0 aromatic carbocycles. The molecule has 0 heterocycles. The fourth-order valence-corrected chi connectivity index (χ4v) is 0. The molecule has 0 bridgehead atoms. The molecule has 0 aliphatic rings. The zero-order valence-corrected chi connectivity index (χ0v) is 4.09. The van der Waals surface area contributed by atoms with Crippen molar-refractivity contribution in [1.29, 1.82) is 0 Å². The topological polar surface area (TPSA) is 0 Å². The van der Waals surface area contributed by atoms with E-state index in [-0.39, 0.29) is 59.5 Å². The summed E-state index contributed by atoms with van der Waals surface area (Å²) in [5.41, 5.74) is 0. The predicted molar refractivity (Wildman–Crippen MR) is 45.3 cm³/mol. The van der Waals surface area contributed by atoms with Crippen molar-refractivity contribution in [3.05, 3.63) is 0 Å². The van der Waals surface area contributed by atoms with Crippen LogP contribution in [-0.4, -0.2) is 33.7 Å². The largest absolute Gasteiger partial charge is 4.00 e. The van der Waals surface area contributed by atoms with Crippen LogP contribution in [0.3, 0.4) is 0 Å². The van der Waals surface area contributed by atoms with Crippen molar-refractivity contribution in [3.8, 4) is 0 Å². The summed E-state index contributed by atoms with van der Waals surface area (Å²) in [6.07, 6.45) is 0. The van der Waals surface area contributed by atoms with E-state index in [0.717, 1.165) is 0 Å². The van der Waals surface area contributed by atoms with E-state index in [9.17, 15) is 0 Å². The standard InChI is InChI=1S/4BH4.Hf/h4*1H4;/q4*-1;+4. The summed E-state index contributed by atoms with van der Waals surface area (Å²) in [6, 6.07) is 0. The maximum Gasteiger partial charge on any atom is 4.00 e. The molecule has 5 heteroatoms. The molecule has 0 nitrogen and oxygen atoms in total. The van der Waals surface area contributed by atoms with Gasteiger partial charge in [0.1, 0.15) is 0 Å². The van der Waals surface area contributed by atoms with Crippen molar-refractivity contribution in [2.75, 3.05) is 0 Å². The van der Waals surface area contributed by atoms with Gasteiger partial charge >= 0.3 is 25.8 Å². The summed E-state index contributed by atoms with van der Waals surface area (Å²) >= 11 is 0. The summed E-state index contributed by atoms with van der Waals surface area (Å²) in [7, 11) is 0. The quantitative estimate of drug-likeness (QED) is 0.369. The summed E-state index contributed by atoms with van der Waals surface area (Å²) < 4.78 is 0. The number of hydrogen-bond acceptors (Lipinski definition) is 0. The maximum absolute atomic E-state index is 0. The Hall–Kier alpha value is 1.13. The zero-order chi connectivity index (χ0) is 0. The van der Waals surface area contributed by atoms with Gasteiger partial charge in [-0.15, -0.1) is 0 Å². The fourth-order valence-electron chi connectivity index (χ4n) is 0. The average molecular weight is 238 g/mol. The SMILES string of the molecule is [BH4-].[BH4-].[BH4-].[BH4-].[Hf+4]. The van der Waals surface area contributed by atoms with Crippen LogP contribution in [0.25, 0.3) is 0 Å². The number of hydrogen-bond donors (Lipinski definition) is 0. The van der Waals surface area contributed by atoms with Crippen LogP contribution in [0.1, 0.15) is 0 Å². The first-order chi connectivity index (χ1) is 0. The Bertz CT molecular complexity index is 3.61. The third-order valence-electron chi connectivity index (χ3n) is 0. The Morgan fingerprint density at radius 2 is 0.400 bits per heavy atom. The van der Waals surface area contributed by atoms with E-state index in [0.29, 0.717) is 0 Å². The molecule has 0 unspecified atom stereocenters. The van der Waals surface area contributed by atoms with E-state index in [4.69, 9.17) is 0 Å². The van der Waals surface area contributed by atoms with Gasteiger partial charge in [0.25, 0.3) is 0 Å². The van der Waals surface area contributed by atoms with Gasteiger partial charge in [0.15, 0.2) is 0 Å². The first-order valence-electron chi connectivity index (χ1n) is 0. The summed E-state index contributed by atoms with van der Waals surface area (Å²) in [5, 5.41) is 0. The van der Waals surface area contributed by atoms with Crippen LogP contribution in [0.4, 0.5) is 0 Å². The number of rotatable bonds is 0. The van der Waals surface area contributed by atoms with Crippen LogP contribution < -0.4 is 0 Å². The predicted octanol–water partition coefficient (Wildman–Crippen LogP) is -5.81. The average Bonchev–Trinajstić information content (AvgIpc) is 0. The first kappa shape index (κ1) is 126. The molecule has 5 heavy (non-hydrogen) atoms. The van der Waals surface area contributed by atoms with Crippen LogP contribution in [0.15, 0.2) is 0 Å². The molecule has 0 radical (unpaired) electrons. The molecule has 0 amide bonds. The van der Waals surface area contributed by atoms with Gasteiger partial charge in [-0.25, -0.2) is 0 Å². The molecule has 0 saturated heterocycles. The second kappa shape index (κ2) is 68.5. The van der Waals surface area contributed by atoms with Crippen molar-refractivity contribution >= 4 is 33.7 Å². The van der Waals surface area contributed by atoms with E-state index in [1.165, 1.54) is 0 Å². The maximum atomic E-state index is 0. The molecule has 0 saturated carbocycles. The van der Waals surface area contributed by atoms with Gasteiger partial charge < -0.3 is 0 Å². The smallest absolute Gasteiger partial charge is 0.0626 e. The van der Waals surface area contributed by atoms with Gasteiger partial charge in [-0.1, -0.05) is 33.7 Å². The minimum absolute atomic E-state index is 0. The second-order valence-electron chi connectivity index (χ2n) is 0. The monoisotopic (exact) mass is 240 g/mol. The molecule has 0 aromatic heterocycles. The molecule has 0 spiro atoms. The second-order valence-corrected chi connectivity index (χ2v) is 0. The Morgan fingerprint density at radius 1 is 0.400 bits per heavy atom. The summed E-state index contributed by atoms with van der Waals surface area (Å²) in [5.74, 6) is 0. The molecule has 32 valence electrons. The molecule has 0 rings (SSSR count). The van der Waals surface area contributed by atoms with Crippen LogP contribution in [0.5, 0.6) is 0 Å². The van der Waals surface area contributed by atoms with Crippen molar-refractivity contribution < 1.29 is 25.8 Å². The van der Waals surface area contributed by atoms with Crippen LogP contribution in [0.2, 0.25) is 0 Å². The Balaban J connectivity index is 0. The minimum atomic E-state index is 0. The first-order valence-corrected chi connectivity index (χ1v) is 0. The molecule has 0 fully saturated rings. The summed E-state index contributed by atoms with van der Waals surface area (Å²) in [6.45, 7) is 0. The van der Waals surface area contributed by atoms with Crippen LogP contribution in [-0.2, 0) is 25.8 Å². The molecular weight excluding hydrogens is 222 g/mol. The van der Waals surface area contributed by atoms with E-state index >= 15 is 0 Å². The van der Waals surface area contributed by atoms with Crippen molar-refractivity contribution in [2.24, 2.45) is 0 Å². The van der Waals surface area contributed by atoms with Gasteiger partial charge in [0.2, 0.25) is 0 Å². The van der Waals surface area contributed by atoms with E-state index in [1.54, 1.807) is 0 Å². The molecule has 0 aliphatic carbocycles. The van der Waals surface area contributed by atoms with E-state index < -0.39 is 0 Å². The normalized spacial score (nSPS) is 0. The fraction of sp³-hybridized carbons (Fsp3) is 0. The van der Waals surface area contributed by atoms with Gasteiger partial charge in [0, 0.05) is 0 Å². The Morgan fingerprint density at radius 3 is 0.400 bits per heavy atom. The van der Waals surface area contributed by atoms with Gasteiger partial charge in [0.05, 0.1) is 0 Å². The zero-order valence-electron chi connectivity index (χ0n) is 0.500. The van der Waals surface area contributed by atoms with Crippen molar-refractivity contribution in [3.63, 3.8) is 0 Å². The van der Waals surface area contributed by atoms with Crippen LogP contribution >= 0.6 is 0 Å². The van der Waals surface area contributed by atoms with E-state index in [2.05, 4.69) is 0 Å². The molecule has 0 atom stereocenters. The van der Waals surface area contributed by atoms with Gasteiger partial charge in [-0.2, -0.15) is 0 Å². The van der Waals surface area contributed by atoms with Gasteiger partial charge in [-0.3, -0.25) is 0 Å². The van der Waals surface area contributed by atoms with Gasteiger partial charge in [-0.05, 0) is 0 Å². The third-order valence-corrected chi connectivity index (χ3v) is 0. The summed E-state index contributed by atoms with van der Waals surface area (Å²) in [4.78, 5) is 0. The van der Waals surface area contributed by atoms with E-state index in [1.807, 2.05) is 0 Å². The Labute approximate surface area is 59.6 Å². The minimum Gasteiger partial charge on any atom is -0.0626 e. The molecule has 0 aromatic rings. The van der Waals surface area contributed by atoms with Crippen molar-refractivity contribution in [1.82, 2.24) is 0 Å². The molecular formula is H16B4Hf. The Kier molecular flexibility index (Phi) is 1730. The third kappa shape index (κ3) is 39.4. The molecule has 0 N–H and O–H groups in total.